The van der Waals surface area contributed by atoms with E-state index in [0.717, 1.165) is 0 Å². The Morgan fingerprint density at radius 1 is 0.458 bits per heavy atom. The lowest BCUT2D eigenvalue weighted by molar-refractivity contribution is 0.702. The summed E-state index contributed by atoms with van der Waals surface area (Å²) in [6, 6.07) is 16.7. The first-order valence-electron chi connectivity index (χ1n) is 10.2. The van der Waals surface area contributed by atoms with Gasteiger partial charge >= 0.3 is 0 Å². The molecule has 0 aliphatic rings. The zero-order chi connectivity index (χ0) is 19.1. The molecule has 2 rings (SSSR count). The number of benzene rings is 2. The van der Waals surface area contributed by atoms with E-state index >= 15 is 0 Å². The fourth-order valence-electron chi connectivity index (χ4n) is 1.63. The SMILES string of the molecule is CC.CC.CCCC.CCCCCC.c1ccc2ccccc2c1. The Morgan fingerprint density at radius 2 is 0.708 bits per heavy atom. The minimum absolute atomic E-state index is 1.31. The summed E-state index contributed by atoms with van der Waals surface area (Å²) in [5, 5.41) is 2.62. The maximum Gasteiger partial charge on any atom is -0.0184 e. The van der Waals surface area contributed by atoms with E-state index in [1.54, 1.807) is 0 Å². The largest absolute Gasteiger partial charge is 0.0683 e. The zero-order valence-corrected chi connectivity index (χ0v) is 17.9. The van der Waals surface area contributed by atoms with Gasteiger partial charge in [-0.2, -0.15) is 0 Å². The van der Waals surface area contributed by atoms with Crippen LogP contribution in [0, 0.1) is 0 Å². The number of fused-ring (bicyclic) bond motifs is 1. The lowest BCUT2D eigenvalue weighted by atomic mass is 10.1. The first-order chi connectivity index (χ1) is 11.8. The van der Waals surface area contributed by atoms with Crippen molar-refractivity contribution in [1.29, 1.82) is 0 Å². The van der Waals surface area contributed by atoms with Gasteiger partial charge in [0.15, 0.2) is 0 Å². The van der Waals surface area contributed by atoms with Crippen LogP contribution in [-0.2, 0) is 0 Å². The van der Waals surface area contributed by atoms with E-state index in [1.165, 1.54) is 49.3 Å². The second kappa shape index (κ2) is 26.6. The van der Waals surface area contributed by atoms with E-state index in [2.05, 4.69) is 76.2 Å². The lowest BCUT2D eigenvalue weighted by Gasteiger charge is -1.92. The van der Waals surface area contributed by atoms with Crippen LogP contribution < -0.4 is 0 Å². The monoisotopic (exact) mass is 332 g/mol. The molecule has 0 spiro atoms. The number of hydrogen-bond acceptors (Lipinski definition) is 0. The Morgan fingerprint density at radius 3 is 0.875 bits per heavy atom. The Kier molecular flexibility index (Phi) is 30.5. The van der Waals surface area contributed by atoms with Crippen molar-refractivity contribution in [2.24, 2.45) is 0 Å². The van der Waals surface area contributed by atoms with Crippen LogP contribution in [0.2, 0.25) is 0 Å². The normalized spacial score (nSPS) is 8.17. The average molecular weight is 333 g/mol. The summed E-state index contributed by atoms with van der Waals surface area (Å²) >= 11 is 0. The van der Waals surface area contributed by atoms with Crippen molar-refractivity contribution < 1.29 is 0 Å². The van der Waals surface area contributed by atoms with Crippen LogP contribution in [0.25, 0.3) is 10.8 Å². The highest BCUT2D eigenvalue weighted by atomic mass is 13.9. The van der Waals surface area contributed by atoms with Gasteiger partial charge in [0.2, 0.25) is 0 Å². The van der Waals surface area contributed by atoms with Crippen LogP contribution >= 0.6 is 0 Å². The molecule has 0 aliphatic heterocycles. The van der Waals surface area contributed by atoms with E-state index < -0.39 is 0 Å². The zero-order valence-electron chi connectivity index (χ0n) is 17.9. The van der Waals surface area contributed by atoms with Crippen molar-refractivity contribution in [3.05, 3.63) is 48.5 Å². The van der Waals surface area contributed by atoms with E-state index in [0.29, 0.717) is 0 Å². The molecule has 24 heavy (non-hydrogen) atoms. The van der Waals surface area contributed by atoms with E-state index in [4.69, 9.17) is 0 Å². The van der Waals surface area contributed by atoms with Crippen LogP contribution in [0.4, 0.5) is 0 Å². The van der Waals surface area contributed by atoms with Gasteiger partial charge in [0.25, 0.3) is 0 Å². The van der Waals surface area contributed by atoms with E-state index in [-0.39, 0.29) is 0 Å². The summed E-state index contributed by atoms with van der Waals surface area (Å²) in [4.78, 5) is 0. The molecule has 140 valence electrons. The maximum absolute atomic E-state index is 2.23. The second-order valence-electron chi connectivity index (χ2n) is 5.05. The van der Waals surface area contributed by atoms with Crippen molar-refractivity contribution in [2.45, 2.75) is 93.9 Å². The fourth-order valence-corrected chi connectivity index (χ4v) is 1.63. The predicted molar refractivity (Wildman–Crippen MR) is 117 cm³/mol. The van der Waals surface area contributed by atoms with E-state index in [9.17, 15) is 0 Å². The average Bonchev–Trinajstić information content (AvgIpc) is 2.70. The summed E-state index contributed by atoms with van der Waals surface area (Å²) in [6.07, 6.45) is 8.18. The third-order valence-electron chi connectivity index (χ3n) is 3.12. The third-order valence-corrected chi connectivity index (χ3v) is 3.12. The number of hydrogen-bond donors (Lipinski definition) is 0. The quantitative estimate of drug-likeness (QED) is 0.489. The first-order valence-corrected chi connectivity index (χ1v) is 10.2. The summed E-state index contributed by atoms with van der Waals surface area (Å²) in [6.45, 7) is 16.8. The summed E-state index contributed by atoms with van der Waals surface area (Å²) < 4.78 is 0. The molecule has 0 heterocycles. The molecule has 0 saturated heterocycles. The molecule has 0 saturated carbocycles. The Hall–Kier alpha value is -1.30. The Bertz CT molecular complexity index is 346. The molecule has 2 aromatic rings. The highest BCUT2D eigenvalue weighted by molar-refractivity contribution is 5.81. The van der Waals surface area contributed by atoms with Crippen LogP contribution in [0.1, 0.15) is 93.9 Å². The topological polar surface area (TPSA) is 0 Å². The molecule has 0 aliphatic carbocycles. The van der Waals surface area contributed by atoms with Gasteiger partial charge in [-0.05, 0) is 10.8 Å². The van der Waals surface area contributed by atoms with Crippen LogP contribution in [0.15, 0.2) is 48.5 Å². The van der Waals surface area contributed by atoms with Crippen LogP contribution in [0.3, 0.4) is 0 Å². The molecule has 0 N–H and O–H groups in total. The third kappa shape index (κ3) is 18.7. The summed E-state index contributed by atoms with van der Waals surface area (Å²) in [5.41, 5.74) is 0. The van der Waals surface area contributed by atoms with Gasteiger partial charge in [-0.15, -0.1) is 0 Å². The molecule has 0 amide bonds. The van der Waals surface area contributed by atoms with Crippen molar-refractivity contribution in [3.63, 3.8) is 0 Å². The van der Waals surface area contributed by atoms with Gasteiger partial charge < -0.3 is 0 Å². The van der Waals surface area contributed by atoms with Gasteiger partial charge in [0.05, 0.1) is 0 Å². The van der Waals surface area contributed by atoms with Crippen LogP contribution in [0.5, 0.6) is 0 Å². The number of rotatable bonds is 4. The van der Waals surface area contributed by atoms with Gasteiger partial charge in [-0.1, -0.05) is 142 Å². The fraction of sp³-hybridized carbons (Fsp3) is 0.583. The second-order valence-corrected chi connectivity index (χ2v) is 5.05. The smallest absolute Gasteiger partial charge is 0.0184 e. The molecule has 0 nitrogen and oxygen atoms in total. The number of unbranched alkanes of at least 4 members (excludes halogenated alkanes) is 4. The van der Waals surface area contributed by atoms with Gasteiger partial charge in [-0.25, -0.2) is 0 Å². The minimum atomic E-state index is 1.31. The van der Waals surface area contributed by atoms with Crippen molar-refractivity contribution in [3.8, 4) is 0 Å². The summed E-state index contributed by atoms with van der Waals surface area (Å²) in [7, 11) is 0. The molecular formula is C24H44. The molecule has 0 radical (unpaired) electrons. The minimum Gasteiger partial charge on any atom is -0.0683 e. The van der Waals surface area contributed by atoms with Gasteiger partial charge in [-0.3, -0.25) is 0 Å². The van der Waals surface area contributed by atoms with E-state index in [1.807, 2.05) is 27.7 Å². The molecule has 0 fully saturated rings. The molecule has 0 unspecified atom stereocenters. The molecule has 0 heteroatoms. The molecule has 0 bridgehead atoms. The molecule has 0 atom stereocenters. The van der Waals surface area contributed by atoms with Gasteiger partial charge in [0, 0.05) is 0 Å². The van der Waals surface area contributed by atoms with Crippen LogP contribution in [-0.4, -0.2) is 0 Å². The molecule has 2 aromatic carbocycles. The first kappa shape index (κ1) is 27.5. The van der Waals surface area contributed by atoms with Crippen molar-refractivity contribution in [1.82, 2.24) is 0 Å². The summed E-state index contributed by atoms with van der Waals surface area (Å²) in [5.74, 6) is 0. The van der Waals surface area contributed by atoms with Crippen molar-refractivity contribution in [2.75, 3.05) is 0 Å². The standard InChI is InChI=1S/C10H8.C6H14.C4H10.2C2H6/c1-2-6-10-8-4-3-7-9(10)5-1;1-3-5-6-4-2;1-3-4-2;2*1-2/h1-8H;3-6H2,1-2H3;3-4H2,1-2H3;2*1-2H3. The highest BCUT2D eigenvalue weighted by Crippen LogP contribution is 2.11. The Balaban J connectivity index is -0.000000274. The Labute approximate surface area is 153 Å². The van der Waals surface area contributed by atoms with Gasteiger partial charge in [0.1, 0.15) is 0 Å². The molecule has 0 aromatic heterocycles. The molecular weight excluding hydrogens is 288 g/mol. The maximum atomic E-state index is 2.23. The van der Waals surface area contributed by atoms with Crippen molar-refractivity contribution >= 4 is 10.8 Å². The predicted octanol–water partition coefficient (Wildman–Crippen LogP) is 9.29. The lowest BCUT2D eigenvalue weighted by Crippen LogP contribution is -1.67. The highest BCUT2D eigenvalue weighted by Gasteiger charge is 1.85.